The zero-order valence-corrected chi connectivity index (χ0v) is 12.3. The second kappa shape index (κ2) is 6.35. The molecular weight excluding hydrogens is 238 g/mol. The van der Waals surface area contributed by atoms with Crippen molar-refractivity contribution >= 4 is 0 Å². The third-order valence-corrected chi connectivity index (χ3v) is 3.98. The van der Waals surface area contributed by atoms with E-state index in [1.165, 1.54) is 24.8 Å². The van der Waals surface area contributed by atoms with Crippen LogP contribution in [0.1, 0.15) is 36.1 Å². The highest BCUT2D eigenvalue weighted by Crippen LogP contribution is 2.22. The molecule has 19 heavy (non-hydrogen) atoms. The highest BCUT2D eigenvalue weighted by atomic mass is 16.5. The number of nitrogens with zero attached hydrogens (tertiary/aromatic N) is 2. The molecule has 2 heterocycles. The van der Waals surface area contributed by atoms with Crippen LogP contribution >= 0.6 is 0 Å². The second-order valence-electron chi connectivity index (χ2n) is 5.51. The molecule has 0 bridgehead atoms. The fourth-order valence-electron chi connectivity index (χ4n) is 2.73. The highest BCUT2D eigenvalue weighted by molar-refractivity contribution is 5.35. The molecule has 1 aliphatic rings. The van der Waals surface area contributed by atoms with Crippen molar-refractivity contribution < 1.29 is 4.74 Å². The molecule has 106 valence electrons. The van der Waals surface area contributed by atoms with Gasteiger partial charge in [0, 0.05) is 23.8 Å². The third kappa shape index (κ3) is 3.45. The van der Waals surface area contributed by atoms with Crippen molar-refractivity contribution in [3.63, 3.8) is 0 Å². The number of aromatic nitrogens is 1. The number of pyridine rings is 1. The number of hydrogen-bond donors (Lipinski definition) is 1. The minimum absolute atomic E-state index is 0.481. The van der Waals surface area contributed by atoms with Gasteiger partial charge in [0.1, 0.15) is 6.61 Å². The van der Waals surface area contributed by atoms with Gasteiger partial charge in [-0.2, -0.15) is 0 Å². The summed E-state index contributed by atoms with van der Waals surface area (Å²) >= 11 is 0. The lowest BCUT2D eigenvalue weighted by Gasteiger charge is -2.32. The summed E-state index contributed by atoms with van der Waals surface area (Å²) in [5, 5.41) is 0. The Kier molecular flexibility index (Phi) is 4.77. The lowest BCUT2D eigenvalue weighted by molar-refractivity contribution is 0.122. The average molecular weight is 263 g/mol. The number of nitrogens with two attached hydrogens (primary N) is 1. The molecule has 0 spiro atoms. The highest BCUT2D eigenvalue weighted by Gasteiger charge is 2.20. The van der Waals surface area contributed by atoms with Gasteiger partial charge in [-0.1, -0.05) is 6.42 Å². The SMILES string of the molecule is Cc1cc(C)c(CN)c(OCC2CCCCN2C)n1. The Balaban J connectivity index is 2.06. The van der Waals surface area contributed by atoms with Gasteiger partial charge in [-0.25, -0.2) is 4.98 Å². The largest absolute Gasteiger partial charge is 0.476 e. The summed E-state index contributed by atoms with van der Waals surface area (Å²) in [4.78, 5) is 6.88. The molecule has 0 aromatic carbocycles. The molecule has 1 atom stereocenters. The summed E-state index contributed by atoms with van der Waals surface area (Å²) in [5.41, 5.74) is 8.99. The smallest absolute Gasteiger partial charge is 0.218 e. The van der Waals surface area contributed by atoms with E-state index in [1.807, 2.05) is 6.92 Å². The molecule has 1 saturated heterocycles. The number of aryl methyl sites for hydroxylation is 2. The monoisotopic (exact) mass is 263 g/mol. The van der Waals surface area contributed by atoms with E-state index < -0.39 is 0 Å². The van der Waals surface area contributed by atoms with Crippen molar-refractivity contribution in [2.45, 2.75) is 45.7 Å². The van der Waals surface area contributed by atoms with E-state index in [9.17, 15) is 0 Å². The number of rotatable bonds is 4. The molecule has 0 aliphatic carbocycles. The number of likely N-dealkylation sites (N-methyl/N-ethyl adjacent to an activating group) is 1. The Hall–Kier alpha value is -1.13. The van der Waals surface area contributed by atoms with Gasteiger partial charge in [-0.05, 0) is 51.9 Å². The van der Waals surface area contributed by atoms with Gasteiger partial charge >= 0.3 is 0 Å². The maximum absolute atomic E-state index is 5.97. The first-order valence-corrected chi connectivity index (χ1v) is 7.12. The van der Waals surface area contributed by atoms with Crippen LogP contribution in [0, 0.1) is 13.8 Å². The van der Waals surface area contributed by atoms with Gasteiger partial charge in [0.15, 0.2) is 0 Å². The molecule has 1 aliphatic heterocycles. The molecule has 1 aromatic rings. The predicted octanol–water partition coefficient (Wildman–Crippen LogP) is 2.02. The number of likely N-dealkylation sites (tertiary alicyclic amines) is 1. The molecule has 1 unspecified atom stereocenters. The molecule has 0 radical (unpaired) electrons. The molecular formula is C15H25N3O. The Morgan fingerprint density at radius 1 is 1.42 bits per heavy atom. The average Bonchev–Trinajstić information content (AvgIpc) is 2.37. The fraction of sp³-hybridized carbons (Fsp3) is 0.667. The molecule has 1 aromatic heterocycles. The summed E-state index contributed by atoms with van der Waals surface area (Å²) in [6.45, 7) is 6.41. The normalized spacial score (nSPS) is 20.5. The van der Waals surface area contributed by atoms with Crippen LogP contribution < -0.4 is 10.5 Å². The predicted molar refractivity (Wildman–Crippen MR) is 77.4 cm³/mol. The van der Waals surface area contributed by atoms with Crippen LogP contribution in [-0.2, 0) is 6.54 Å². The van der Waals surface area contributed by atoms with Gasteiger partial charge in [0.25, 0.3) is 0 Å². The quantitative estimate of drug-likeness (QED) is 0.903. The van der Waals surface area contributed by atoms with Gasteiger partial charge < -0.3 is 15.4 Å². The maximum Gasteiger partial charge on any atom is 0.218 e. The molecule has 1 fully saturated rings. The number of hydrogen-bond acceptors (Lipinski definition) is 4. The van der Waals surface area contributed by atoms with Gasteiger partial charge in [-0.3, -0.25) is 0 Å². The van der Waals surface area contributed by atoms with Crippen molar-refractivity contribution in [2.75, 3.05) is 20.2 Å². The van der Waals surface area contributed by atoms with E-state index in [2.05, 4.69) is 29.9 Å². The molecule has 2 rings (SSSR count). The van der Waals surface area contributed by atoms with Crippen LogP contribution in [0.4, 0.5) is 0 Å². The lowest BCUT2D eigenvalue weighted by Crippen LogP contribution is -2.40. The van der Waals surface area contributed by atoms with E-state index >= 15 is 0 Å². The van der Waals surface area contributed by atoms with Crippen LogP contribution in [-0.4, -0.2) is 36.1 Å². The first-order valence-electron chi connectivity index (χ1n) is 7.12. The second-order valence-corrected chi connectivity index (χ2v) is 5.51. The molecule has 2 N–H and O–H groups in total. The first-order chi connectivity index (χ1) is 9.11. The van der Waals surface area contributed by atoms with Gasteiger partial charge in [-0.15, -0.1) is 0 Å². The number of piperidine rings is 1. The van der Waals surface area contributed by atoms with Crippen LogP contribution in [0.2, 0.25) is 0 Å². The third-order valence-electron chi connectivity index (χ3n) is 3.98. The van der Waals surface area contributed by atoms with Crippen molar-refractivity contribution in [1.82, 2.24) is 9.88 Å². The summed E-state index contributed by atoms with van der Waals surface area (Å²) in [7, 11) is 2.17. The summed E-state index contributed by atoms with van der Waals surface area (Å²) < 4.78 is 5.97. The van der Waals surface area contributed by atoms with Gasteiger partial charge in [0.05, 0.1) is 0 Å². The van der Waals surface area contributed by atoms with Crippen LogP contribution in [0.5, 0.6) is 5.88 Å². The first kappa shape index (κ1) is 14.3. The molecule has 4 nitrogen and oxygen atoms in total. The van der Waals surface area contributed by atoms with Crippen molar-refractivity contribution in [1.29, 1.82) is 0 Å². The standard InChI is InChI=1S/C15H25N3O/c1-11-8-12(2)17-15(14(11)9-16)19-10-13-6-4-5-7-18(13)3/h8,13H,4-7,9-10,16H2,1-3H3. The van der Waals surface area contributed by atoms with E-state index in [4.69, 9.17) is 10.5 Å². The minimum Gasteiger partial charge on any atom is -0.476 e. The molecule has 0 saturated carbocycles. The topological polar surface area (TPSA) is 51.4 Å². The minimum atomic E-state index is 0.481. The van der Waals surface area contributed by atoms with Gasteiger partial charge in [0.2, 0.25) is 5.88 Å². The van der Waals surface area contributed by atoms with Crippen molar-refractivity contribution in [3.05, 3.63) is 22.9 Å². The summed E-state index contributed by atoms with van der Waals surface area (Å²) in [5.74, 6) is 0.721. The Labute approximate surface area is 116 Å². The van der Waals surface area contributed by atoms with Crippen LogP contribution in [0.15, 0.2) is 6.07 Å². The van der Waals surface area contributed by atoms with Crippen molar-refractivity contribution in [2.24, 2.45) is 5.73 Å². The van der Waals surface area contributed by atoms with Crippen molar-refractivity contribution in [3.8, 4) is 5.88 Å². The van der Waals surface area contributed by atoms with E-state index in [1.54, 1.807) is 0 Å². The maximum atomic E-state index is 5.97. The molecule has 0 amide bonds. The zero-order valence-electron chi connectivity index (χ0n) is 12.3. The van der Waals surface area contributed by atoms with E-state index in [0.717, 1.165) is 23.7 Å². The number of ether oxygens (including phenoxy) is 1. The lowest BCUT2D eigenvalue weighted by atomic mass is 10.0. The van der Waals surface area contributed by atoms with E-state index in [-0.39, 0.29) is 0 Å². The Morgan fingerprint density at radius 2 is 2.21 bits per heavy atom. The van der Waals surface area contributed by atoms with Crippen LogP contribution in [0.25, 0.3) is 0 Å². The Bertz CT molecular complexity index is 434. The van der Waals surface area contributed by atoms with Crippen LogP contribution in [0.3, 0.4) is 0 Å². The van der Waals surface area contributed by atoms with E-state index in [0.29, 0.717) is 19.2 Å². The zero-order chi connectivity index (χ0) is 13.8. The Morgan fingerprint density at radius 3 is 2.89 bits per heavy atom. The fourth-order valence-corrected chi connectivity index (χ4v) is 2.73. The molecule has 4 heteroatoms. The summed E-state index contributed by atoms with van der Waals surface area (Å²) in [6.07, 6.45) is 3.80. The summed E-state index contributed by atoms with van der Waals surface area (Å²) in [6, 6.07) is 2.56.